The first-order valence-corrected chi connectivity index (χ1v) is 11.9. The molecule has 35 heavy (non-hydrogen) atoms. The van der Waals surface area contributed by atoms with Crippen LogP contribution in [0, 0.1) is 22.0 Å². The van der Waals surface area contributed by atoms with Gasteiger partial charge in [0.05, 0.1) is 24.3 Å². The highest BCUT2D eigenvalue weighted by molar-refractivity contribution is 6.25. The zero-order chi connectivity index (χ0) is 24.6. The maximum atomic E-state index is 14.1. The Labute approximate surface area is 201 Å². The number of amides is 3. The van der Waals surface area contributed by atoms with Gasteiger partial charge in [-0.25, -0.2) is 4.90 Å². The van der Waals surface area contributed by atoms with E-state index in [4.69, 9.17) is 4.74 Å². The van der Waals surface area contributed by atoms with Gasteiger partial charge in [-0.05, 0) is 30.2 Å². The van der Waals surface area contributed by atoms with Gasteiger partial charge in [-0.2, -0.15) is 0 Å². The predicted octanol–water partition coefficient (Wildman–Crippen LogP) is 1.18. The number of nitro benzene ring substituents is 1. The van der Waals surface area contributed by atoms with E-state index in [0.29, 0.717) is 12.2 Å². The highest BCUT2D eigenvalue weighted by Crippen LogP contribution is 2.53. The molecule has 3 saturated heterocycles. The van der Waals surface area contributed by atoms with Crippen molar-refractivity contribution in [1.29, 1.82) is 0 Å². The number of aryl methyl sites for hydroxylation is 1. The predicted molar refractivity (Wildman–Crippen MR) is 124 cm³/mol. The Hall–Kier alpha value is -3.79. The van der Waals surface area contributed by atoms with Crippen LogP contribution >= 0.6 is 0 Å². The van der Waals surface area contributed by atoms with E-state index in [2.05, 4.69) is 5.32 Å². The Balaban J connectivity index is 1.55. The van der Waals surface area contributed by atoms with Crippen LogP contribution in [0.5, 0.6) is 5.75 Å². The molecule has 2 N–H and O–H groups in total. The fourth-order valence-electron chi connectivity index (χ4n) is 6.93. The van der Waals surface area contributed by atoms with Crippen molar-refractivity contribution in [2.45, 2.75) is 37.8 Å². The quantitative estimate of drug-likeness (QED) is 0.387. The summed E-state index contributed by atoms with van der Waals surface area (Å²) in [6, 6.07) is 9.49. The summed E-state index contributed by atoms with van der Waals surface area (Å²) in [6.07, 6.45) is 2.35. The van der Waals surface area contributed by atoms with Crippen molar-refractivity contribution in [3.63, 3.8) is 0 Å². The van der Waals surface area contributed by atoms with E-state index in [0.717, 1.165) is 40.2 Å². The number of hydrogen-bond acceptors (Lipinski definition) is 6. The Morgan fingerprint density at radius 3 is 2.71 bits per heavy atom. The van der Waals surface area contributed by atoms with Crippen molar-refractivity contribution in [2.24, 2.45) is 11.8 Å². The number of benzene rings is 2. The third-order valence-electron chi connectivity index (χ3n) is 8.30. The molecular weight excluding hydrogens is 452 g/mol. The molecule has 0 saturated carbocycles. The monoisotopic (exact) mass is 477 g/mol. The molecule has 3 fully saturated rings. The first-order chi connectivity index (χ1) is 16.8. The molecule has 10 nitrogen and oxygen atoms in total. The largest absolute Gasteiger partial charge is 0.495 e. The average Bonchev–Trinajstić information content (AvgIpc) is 3.56. The van der Waals surface area contributed by atoms with E-state index in [9.17, 15) is 24.5 Å². The molecule has 4 aliphatic rings. The molecule has 4 heterocycles. The van der Waals surface area contributed by atoms with Crippen LogP contribution in [0.1, 0.15) is 30.9 Å². The highest BCUT2D eigenvalue weighted by Gasteiger charge is 2.78. The van der Waals surface area contributed by atoms with Crippen LogP contribution in [0.2, 0.25) is 0 Å². The van der Waals surface area contributed by atoms with Gasteiger partial charge in [0.25, 0.3) is 11.6 Å². The number of methoxy groups -OCH3 is 1. The Morgan fingerprint density at radius 2 is 2.00 bits per heavy atom. The number of nitrogens with zero attached hydrogens (tertiary/aromatic N) is 2. The third kappa shape index (κ3) is 2.60. The maximum Gasteiger partial charge on any atom is 0.291 e. The summed E-state index contributed by atoms with van der Waals surface area (Å²) in [5.41, 5.74) is 1.08. The topological polar surface area (TPSA) is 123 Å². The molecule has 0 aliphatic carbocycles. The van der Waals surface area contributed by atoms with Gasteiger partial charge < -0.3 is 15.0 Å². The molecule has 5 atom stereocenters. The summed E-state index contributed by atoms with van der Waals surface area (Å²) in [7, 11) is 1.38. The minimum atomic E-state index is -1.21. The molecule has 6 rings (SSSR count). The number of carbonyl (C=O) groups is 3. The number of fused-ring (bicyclic) bond motifs is 7. The van der Waals surface area contributed by atoms with Crippen LogP contribution < -0.4 is 19.9 Å². The highest BCUT2D eigenvalue weighted by atomic mass is 16.6. The molecule has 0 aromatic heterocycles. The summed E-state index contributed by atoms with van der Waals surface area (Å²) < 4.78 is 5.37. The van der Waals surface area contributed by atoms with E-state index >= 15 is 0 Å². The van der Waals surface area contributed by atoms with Crippen LogP contribution in [-0.2, 0) is 26.3 Å². The number of non-ortho nitro benzene ring substituents is 1. The van der Waals surface area contributed by atoms with Gasteiger partial charge in [0.2, 0.25) is 17.4 Å². The number of imide groups is 1. The van der Waals surface area contributed by atoms with Crippen molar-refractivity contribution >= 4 is 34.8 Å². The fraction of sp³-hybridized carbons (Fsp3) is 0.400. The standard InChI is InChI=1S/C25H24N4O6/c1-3-13-6-8-16-15(11-13)25(24(32)26-16)21-20(17-5-4-10-27(17)25)22(30)28(23(21)31)18-12-14(29(33)34)7-9-19(18)35-2/h6-9,11-12,17,20-21H,3-5,10H2,1-2H3,(H,26,32)/p+1/t17-,20+,21-,25-/m0/s1. The van der Waals surface area contributed by atoms with Gasteiger partial charge >= 0.3 is 0 Å². The minimum absolute atomic E-state index is 0.0433. The molecular formula is C25H25N4O6+. The third-order valence-corrected chi connectivity index (χ3v) is 8.30. The van der Waals surface area contributed by atoms with Crippen molar-refractivity contribution in [3.8, 4) is 5.75 Å². The molecule has 0 radical (unpaired) electrons. The molecule has 0 bridgehead atoms. The second-order valence-electron chi connectivity index (χ2n) is 9.65. The van der Waals surface area contributed by atoms with E-state index in [1.165, 1.54) is 25.3 Å². The van der Waals surface area contributed by atoms with Crippen molar-refractivity contribution in [3.05, 3.63) is 57.6 Å². The molecule has 2 aromatic carbocycles. The van der Waals surface area contributed by atoms with Crippen LogP contribution in [-0.4, -0.2) is 42.3 Å². The zero-order valence-electron chi connectivity index (χ0n) is 19.4. The first-order valence-electron chi connectivity index (χ1n) is 11.9. The molecule has 10 heteroatoms. The lowest BCUT2D eigenvalue weighted by atomic mass is 9.75. The SMILES string of the molecule is CCc1ccc2c(c1)[C@@]1(C(=O)N2)[C@@H]2C(=O)N(c3cc([N+](=O)[O-])ccc3OC)C(=O)[C@@H]2[C@@H]2CCC[NH+]21. The van der Waals surface area contributed by atoms with Crippen LogP contribution in [0.25, 0.3) is 0 Å². The zero-order valence-corrected chi connectivity index (χ0v) is 19.4. The molecule has 2 aromatic rings. The molecule has 1 spiro atoms. The second-order valence-corrected chi connectivity index (χ2v) is 9.65. The van der Waals surface area contributed by atoms with Gasteiger partial charge in [0, 0.05) is 30.5 Å². The molecule has 1 unspecified atom stereocenters. The lowest BCUT2D eigenvalue weighted by molar-refractivity contribution is -0.948. The van der Waals surface area contributed by atoms with Gasteiger partial charge in [0.15, 0.2) is 0 Å². The summed E-state index contributed by atoms with van der Waals surface area (Å²) in [4.78, 5) is 54.7. The Kier molecular flexibility index (Phi) is 4.56. The van der Waals surface area contributed by atoms with Crippen molar-refractivity contribution < 1.29 is 28.9 Å². The number of hydrogen-bond donors (Lipinski definition) is 2. The lowest BCUT2D eigenvalue weighted by Crippen LogP contribution is -3.19. The van der Waals surface area contributed by atoms with Crippen LogP contribution in [0.15, 0.2) is 36.4 Å². The maximum absolute atomic E-state index is 14.1. The number of rotatable bonds is 4. The van der Waals surface area contributed by atoms with Crippen LogP contribution in [0.3, 0.4) is 0 Å². The van der Waals surface area contributed by atoms with Crippen molar-refractivity contribution in [1.82, 2.24) is 0 Å². The lowest BCUT2D eigenvalue weighted by Gasteiger charge is -2.33. The summed E-state index contributed by atoms with van der Waals surface area (Å²) >= 11 is 0. The van der Waals surface area contributed by atoms with Gasteiger partial charge in [-0.15, -0.1) is 0 Å². The normalized spacial score (nSPS) is 30.5. The number of carbonyl (C=O) groups excluding carboxylic acids is 3. The van der Waals surface area contributed by atoms with E-state index in [1.54, 1.807) is 0 Å². The fourth-order valence-corrected chi connectivity index (χ4v) is 6.93. The van der Waals surface area contributed by atoms with Crippen molar-refractivity contribution in [2.75, 3.05) is 23.9 Å². The van der Waals surface area contributed by atoms with Crippen LogP contribution in [0.4, 0.5) is 17.1 Å². The van der Waals surface area contributed by atoms with Gasteiger partial charge in [-0.1, -0.05) is 13.0 Å². The smallest absolute Gasteiger partial charge is 0.291 e. The van der Waals surface area contributed by atoms with E-state index < -0.39 is 34.1 Å². The molecule has 3 amide bonds. The molecule has 180 valence electrons. The summed E-state index contributed by atoms with van der Waals surface area (Å²) in [5.74, 6) is -2.59. The number of nitrogens with one attached hydrogen (secondary N) is 2. The van der Waals surface area contributed by atoms with E-state index in [-0.39, 0.29) is 29.1 Å². The first kappa shape index (κ1) is 21.7. The Bertz CT molecular complexity index is 1330. The van der Waals surface area contributed by atoms with Gasteiger partial charge in [-0.3, -0.25) is 24.5 Å². The second kappa shape index (κ2) is 7.35. The number of quaternary nitrogens is 1. The summed E-state index contributed by atoms with van der Waals surface area (Å²) in [6.45, 7) is 2.73. The Morgan fingerprint density at radius 1 is 1.20 bits per heavy atom. The van der Waals surface area contributed by atoms with E-state index in [1.807, 2.05) is 25.1 Å². The molecule has 4 aliphatic heterocycles. The number of anilines is 2. The average molecular weight is 477 g/mol. The van der Waals surface area contributed by atoms with Gasteiger partial charge in [0.1, 0.15) is 29.3 Å². The number of nitro groups is 1. The summed E-state index contributed by atoms with van der Waals surface area (Å²) in [5, 5.41) is 14.4. The minimum Gasteiger partial charge on any atom is -0.495 e. The number of ether oxygens (including phenoxy) is 1.